The van der Waals surface area contributed by atoms with Crippen molar-refractivity contribution in [1.82, 2.24) is 30.0 Å². The first-order valence-electron chi connectivity index (χ1n) is 9.29. The molecule has 1 aromatic carbocycles. The highest BCUT2D eigenvalue weighted by Gasteiger charge is 2.22. The lowest BCUT2D eigenvalue weighted by Gasteiger charge is -2.34. The van der Waals surface area contributed by atoms with Crippen LogP contribution in [0.15, 0.2) is 24.3 Å². The predicted molar refractivity (Wildman–Crippen MR) is 98.7 cm³/mol. The zero-order valence-electron chi connectivity index (χ0n) is 15.9. The molecule has 0 bridgehead atoms. The molecule has 3 rings (SSSR count). The topological polar surface area (TPSA) is 85.6 Å². The molecule has 9 heteroatoms. The molecule has 2 aromatic rings. The monoisotopic (exact) mass is 374 g/mol. The van der Waals surface area contributed by atoms with Crippen molar-refractivity contribution in [3.8, 4) is 11.4 Å². The highest BCUT2D eigenvalue weighted by Crippen LogP contribution is 2.16. The van der Waals surface area contributed by atoms with Crippen molar-refractivity contribution in [2.75, 3.05) is 46.0 Å². The third kappa shape index (κ3) is 5.01. The van der Waals surface area contributed by atoms with Crippen LogP contribution in [-0.4, -0.2) is 81.9 Å². The number of piperazine rings is 1. The second-order valence-corrected chi connectivity index (χ2v) is 6.23. The van der Waals surface area contributed by atoms with Crippen LogP contribution < -0.4 is 4.74 Å². The predicted octanol–water partition coefficient (Wildman–Crippen LogP) is 0.742. The second-order valence-electron chi connectivity index (χ2n) is 6.23. The Hall–Kier alpha value is -2.52. The summed E-state index contributed by atoms with van der Waals surface area (Å²) in [5, 5.41) is 12.1. The molecule has 0 saturated carbocycles. The van der Waals surface area contributed by atoms with Crippen LogP contribution >= 0.6 is 0 Å². The lowest BCUT2D eigenvalue weighted by Crippen LogP contribution is -2.49. The van der Waals surface area contributed by atoms with Crippen molar-refractivity contribution < 1.29 is 14.3 Å². The summed E-state index contributed by atoms with van der Waals surface area (Å²) >= 11 is 0. The SMILES string of the molecule is CCOCC(=O)N1CCN(Cc2nnnn2-c2ccc(OCC)cc2)CC1. The standard InChI is InChI=1S/C18H26N6O3/c1-3-26-14-18(25)23-11-9-22(10-12-23)13-17-19-20-21-24(17)15-5-7-16(8-6-15)27-4-2/h5-8H,3-4,9-14H2,1-2H3. The van der Waals surface area contributed by atoms with Crippen LogP contribution in [-0.2, 0) is 16.1 Å². The van der Waals surface area contributed by atoms with Gasteiger partial charge in [-0.15, -0.1) is 5.10 Å². The molecule has 146 valence electrons. The average molecular weight is 374 g/mol. The van der Waals surface area contributed by atoms with Crippen LogP contribution in [0.3, 0.4) is 0 Å². The van der Waals surface area contributed by atoms with Gasteiger partial charge in [-0.3, -0.25) is 9.69 Å². The number of carbonyl (C=O) groups is 1. The molecule has 1 aliphatic rings. The van der Waals surface area contributed by atoms with Gasteiger partial charge in [-0.25, -0.2) is 0 Å². The van der Waals surface area contributed by atoms with Gasteiger partial charge in [-0.1, -0.05) is 0 Å². The van der Waals surface area contributed by atoms with Gasteiger partial charge in [0.15, 0.2) is 5.82 Å². The quantitative estimate of drug-likeness (QED) is 0.674. The second kappa shape index (κ2) is 9.43. The minimum Gasteiger partial charge on any atom is -0.494 e. The van der Waals surface area contributed by atoms with Crippen LogP contribution in [0.5, 0.6) is 5.75 Å². The average Bonchev–Trinajstić information content (AvgIpc) is 3.15. The third-order valence-corrected chi connectivity index (χ3v) is 4.45. The smallest absolute Gasteiger partial charge is 0.248 e. The van der Waals surface area contributed by atoms with E-state index in [-0.39, 0.29) is 12.5 Å². The number of ether oxygens (including phenoxy) is 2. The van der Waals surface area contributed by atoms with Gasteiger partial charge in [0, 0.05) is 32.8 Å². The van der Waals surface area contributed by atoms with E-state index in [2.05, 4.69) is 20.4 Å². The van der Waals surface area contributed by atoms with Crippen LogP contribution in [0.4, 0.5) is 0 Å². The van der Waals surface area contributed by atoms with Crippen molar-refractivity contribution in [3.63, 3.8) is 0 Å². The first-order chi connectivity index (χ1) is 13.2. The molecule has 0 N–H and O–H groups in total. The summed E-state index contributed by atoms with van der Waals surface area (Å²) in [4.78, 5) is 16.1. The normalized spacial score (nSPS) is 15.1. The highest BCUT2D eigenvalue weighted by atomic mass is 16.5. The van der Waals surface area contributed by atoms with E-state index in [1.54, 1.807) is 4.68 Å². The van der Waals surface area contributed by atoms with E-state index >= 15 is 0 Å². The van der Waals surface area contributed by atoms with Gasteiger partial charge >= 0.3 is 0 Å². The Morgan fingerprint density at radius 2 is 1.81 bits per heavy atom. The minimum atomic E-state index is 0.0516. The maximum atomic E-state index is 12.0. The summed E-state index contributed by atoms with van der Waals surface area (Å²) in [7, 11) is 0. The van der Waals surface area contributed by atoms with Crippen LogP contribution in [0, 0.1) is 0 Å². The Morgan fingerprint density at radius 1 is 1.07 bits per heavy atom. The maximum absolute atomic E-state index is 12.0. The minimum absolute atomic E-state index is 0.0516. The first kappa shape index (κ1) is 19.2. The van der Waals surface area contributed by atoms with E-state index in [1.807, 2.05) is 43.0 Å². The van der Waals surface area contributed by atoms with Gasteiger partial charge in [0.05, 0.1) is 18.8 Å². The molecule has 27 heavy (non-hydrogen) atoms. The summed E-state index contributed by atoms with van der Waals surface area (Å²) in [5.41, 5.74) is 0.893. The summed E-state index contributed by atoms with van der Waals surface area (Å²) in [6.07, 6.45) is 0. The molecule has 1 saturated heterocycles. The Bertz CT molecular complexity index is 725. The van der Waals surface area contributed by atoms with E-state index in [0.29, 0.717) is 32.8 Å². The van der Waals surface area contributed by atoms with Gasteiger partial charge in [0.1, 0.15) is 12.4 Å². The number of aromatic nitrogens is 4. The van der Waals surface area contributed by atoms with Crippen molar-refractivity contribution in [3.05, 3.63) is 30.1 Å². The Labute approximate surface area is 158 Å². The zero-order chi connectivity index (χ0) is 19.1. The largest absolute Gasteiger partial charge is 0.494 e. The molecule has 0 aliphatic carbocycles. The van der Waals surface area contributed by atoms with Crippen molar-refractivity contribution in [2.24, 2.45) is 0 Å². The van der Waals surface area contributed by atoms with Crippen LogP contribution in [0.2, 0.25) is 0 Å². The van der Waals surface area contributed by atoms with Crippen LogP contribution in [0.1, 0.15) is 19.7 Å². The van der Waals surface area contributed by atoms with Gasteiger partial charge in [-0.05, 0) is 48.5 Å². The number of hydrogen-bond donors (Lipinski definition) is 0. The summed E-state index contributed by atoms with van der Waals surface area (Å²) < 4.78 is 12.4. The maximum Gasteiger partial charge on any atom is 0.248 e. The number of tetrazole rings is 1. The van der Waals surface area contributed by atoms with E-state index < -0.39 is 0 Å². The zero-order valence-corrected chi connectivity index (χ0v) is 15.9. The van der Waals surface area contributed by atoms with Crippen molar-refractivity contribution >= 4 is 5.91 Å². The first-order valence-corrected chi connectivity index (χ1v) is 9.29. The Kier molecular flexibility index (Phi) is 6.72. The van der Waals surface area contributed by atoms with Gasteiger partial charge in [0.25, 0.3) is 0 Å². The molecule has 1 aliphatic heterocycles. The van der Waals surface area contributed by atoms with E-state index in [4.69, 9.17) is 9.47 Å². The number of nitrogens with zero attached hydrogens (tertiary/aromatic N) is 6. The lowest BCUT2D eigenvalue weighted by molar-refractivity contribution is -0.137. The van der Waals surface area contributed by atoms with Gasteiger partial charge in [-0.2, -0.15) is 4.68 Å². The van der Waals surface area contributed by atoms with Crippen molar-refractivity contribution in [1.29, 1.82) is 0 Å². The molecule has 9 nitrogen and oxygen atoms in total. The molecule has 1 amide bonds. The number of rotatable bonds is 8. The number of amides is 1. The molecule has 1 fully saturated rings. The fourth-order valence-electron chi connectivity index (χ4n) is 2.99. The fourth-order valence-corrected chi connectivity index (χ4v) is 2.99. The van der Waals surface area contributed by atoms with E-state index in [9.17, 15) is 4.79 Å². The molecule has 0 unspecified atom stereocenters. The number of hydrogen-bond acceptors (Lipinski definition) is 7. The third-order valence-electron chi connectivity index (χ3n) is 4.45. The fraction of sp³-hybridized carbons (Fsp3) is 0.556. The Balaban J connectivity index is 1.57. The number of carbonyl (C=O) groups excluding carboxylic acids is 1. The summed E-state index contributed by atoms with van der Waals surface area (Å²) in [6.45, 7) is 8.78. The molecule has 2 heterocycles. The van der Waals surface area contributed by atoms with Crippen LogP contribution in [0.25, 0.3) is 5.69 Å². The Morgan fingerprint density at radius 3 is 2.48 bits per heavy atom. The van der Waals surface area contributed by atoms with Gasteiger partial charge < -0.3 is 14.4 Å². The van der Waals surface area contributed by atoms with E-state index in [0.717, 1.165) is 30.4 Å². The molecule has 1 aromatic heterocycles. The van der Waals surface area contributed by atoms with E-state index in [1.165, 1.54) is 0 Å². The number of benzene rings is 1. The summed E-state index contributed by atoms with van der Waals surface area (Å²) in [6, 6.07) is 7.70. The summed E-state index contributed by atoms with van der Waals surface area (Å²) in [5.74, 6) is 1.65. The molecule has 0 atom stereocenters. The molecular weight excluding hydrogens is 348 g/mol. The lowest BCUT2D eigenvalue weighted by atomic mass is 10.3. The van der Waals surface area contributed by atoms with Crippen molar-refractivity contribution in [2.45, 2.75) is 20.4 Å². The molecule has 0 spiro atoms. The van der Waals surface area contributed by atoms with Gasteiger partial charge in [0.2, 0.25) is 5.91 Å². The molecular formula is C18H26N6O3. The highest BCUT2D eigenvalue weighted by molar-refractivity contribution is 5.77. The molecule has 0 radical (unpaired) electrons.